The summed E-state index contributed by atoms with van der Waals surface area (Å²) in [5, 5.41) is 7.62. The van der Waals surface area contributed by atoms with Crippen LogP contribution in [0.2, 0.25) is 5.02 Å². The van der Waals surface area contributed by atoms with Gasteiger partial charge < -0.3 is 9.84 Å². The molecule has 3 heterocycles. The smallest absolute Gasteiger partial charge is 0.222 e. The summed E-state index contributed by atoms with van der Waals surface area (Å²) in [6.45, 7) is 4.33. The van der Waals surface area contributed by atoms with Crippen molar-refractivity contribution in [1.82, 2.24) is 15.5 Å². The molecule has 0 saturated carbocycles. The predicted octanol–water partition coefficient (Wildman–Crippen LogP) is 4.12. The molecule has 2 aromatic heterocycles. The lowest BCUT2D eigenvalue weighted by Crippen LogP contribution is -2.24. The van der Waals surface area contributed by atoms with E-state index in [9.17, 15) is 4.79 Å². The number of rotatable bonds is 4. The molecule has 1 amide bonds. The maximum absolute atomic E-state index is 12.3. The Hall–Kier alpha value is -2.99. The van der Waals surface area contributed by atoms with Crippen LogP contribution >= 0.6 is 11.6 Å². The van der Waals surface area contributed by atoms with Crippen molar-refractivity contribution in [1.29, 1.82) is 0 Å². The molecule has 0 saturated heterocycles. The number of aliphatic imine (C=N–C) groups is 1. The minimum Gasteiger partial charge on any atom is -0.358 e. The number of nitrogens with one attached hydrogen (secondary N) is 1. The zero-order valence-corrected chi connectivity index (χ0v) is 16.3. The highest BCUT2D eigenvalue weighted by molar-refractivity contribution is 6.30. The third kappa shape index (κ3) is 3.31. The van der Waals surface area contributed by atoms with E-state index < -0.39 is 6.04 Å². The highest BCUT2D eigenvalue weighted by Gasteiger charge is 2.31. The SMILES string of the molecule is CCNC(=O)C[C@@H]1N=C(c2ccc(Cl)cc2)c2ccncc2-c2c(C)noc21. The molecule has 0 unspecified atom stereocenters. The van der Waals surface area contributed by atoms with E-state index in [2.05, 4.69) is 15.5 Å². The van der Waals surface area contributed by atoms with Gasteiger partial charge in [-0.2, -0.15) is 0 Å². The number of halogens is 1. The number of benzene rings is 1. The van der Waals surface area contributed by atoms with Crippen LogP contribution in [-0.4, -0.2) is 28.3 Å². The molecule has 7 heteroatoms. The monoisotopic (exact) mass is 394 g/mol. The Kier molecular flexibility index (Phi) is 4.96. The lowest BCUT2D eigenvalue weighted by atomic mass is 9.94. The molecule has 0 radical (unpaired) electrons. The van der Waals surface area contributed by atoms with Gasteiger partial charge in [-0.25, -0.2) is 0 Å². The fraction of sp³-hybridized carbons (Fsp3) is 0.238. The van der Waals surface area contributed by atoms with Crippen LogP contribution in [0.3, 0.4) is 0 Å². The number of aromatic nitrogens is 2. The Morgan fingerprint density at radius 3 is 2.75 bits per heavy atom. The van der Waals surface area contributed by atoms with Crippen molar-refractivity contribution < 1.29 is 9.32 Å². The second kappa shape index (κ2) is 7.56. The van der Waals surface area contributed by atoms with E-state index in [1.54, 1.807) is 12.4 Å². The number of fused-ring (bicyclic) bond motifs is 3. The van der Waals surface area contributed by atoms with Gasteiger partial charge in [0.15, 0.2) is 5.76 Å². The average Bonchev–Trinajstić information content (AvgIpc) is 3.01. The van der Waals surface area contributed by atoms with E-state index in [1.807, 2.05) is 44.2 Å². The van der Waals surface area contributed by atoms with Crippen molar-refractivity contribution in [3.05, 3.63) is 70.3 Å². The average molecular weight is 395 g/mol. The van der Waals surface area contributed by atoms with E-state index in [-0.39, 0.29) is 12.3 Å². The first kappa shape index (κ1) is 18.4. The Bertz CT molecular complexity index is 1060. The second-order valence-corrected chi connectivity index (χ2v) is 7.02. The summed E-state index contributed by atoms with van der Waals surface area (Å²) < 4.78 is 5.63. The maximum Gasteiger partial charge on any atom is 0.222 e. The summed E-state index contributed by atoms with van der Waals surface area (Å²) in [6.07, 6.45) is 3.70. The molecule has 4 rings (SSSR count). The van der Waals surface area contributed by atoms with E-state index in [0.717, 1.165) is 33.7 Å². The van der Waals surface area contributed by atoms with Crippen LogP contribution in [0, 0.1) is 6.92 Å². The molecule has 0 aliphatic carbocycles. The fourth-order valence-corrected chi connectivity index (χ4v) is 3.57. The molecular weight excluding hydrogens is 376 g/mol. The summed E-state index contributed by atoms with van der Waals surface area (Å²) in [4.78, 5) is 21.6. The van der Waals surface area contributed by atoms with Crippen molar-refractivity contribution in [3.63, 3.8) is 0 Å². The first-order chi connectivity index (χ1) is 13.6. The summed E-state index contributed by atoms with van der Waals surface area (Å²) in [5.74, 6) is 0.498. The first-order valence-corrected chi connectivity index (χ1v) is 9.47. The minimum absolute atomic E-state index is 0.0872. The molecule has 28 heavy (non-hydrogen) atoms. The lowest BCUT2D eigenvalue weighted by Gasteiger charge is -2.12. The van der Waals surface area contributed by atoms with Crippen molar-refractivity contribution in [3.8, 4) is 11.1 Å². The Labute approximate surface area is 167 Å². The summed E-state index contributed by atoms with van der Waals surface area (Å²) >= 11 is 6.07. The van der Waals surface area contributed by atoms with Crippen LogP contribution < -0.4 is 5.32 Å². The van der Waals surface area contributed by atoms with E-state index in [4.69, 9.17) is 21.1 Å². The summed E-state index contributed by atoms with van der Waals surface area (Å²) in [6, 6.07) is 8.94. The highest BCUT2D eigenvalue weighted by Crippen LogP contribution is 2.40. The van der Waals surface area contributed by atoms with Crippen molar-refractivity contribution in [2.75, 3.05) is 6.54 Å². The third-order valence-corrected chi connectivity index (χ3v) is 4.94. The van der Waals surface area contributed by atoms with E-state index in [0.29, 0.717) is 17.3 Å². The molecule has 6 nitrogen and oxygen atoms in total. The van der Waals surface area contributed by atoms with Gasteiger partial charge in [0.25, 0.3) is 0 Å². The van der Waals surface area contributed by atoms with Crippen molar-refractivity contribution in [2.24, 2.45) is 4.99 Å². The number of aryl methyl sites for hydroxylation is 1. The van der Waals surface area contributed by atoms with Gasteiger partial charge in [-0.05, 0) is 32.0 Å². The topological polar surface area (TPSA) is 80.4 Å². The van der Waals surface area contributed by atoms with Crippen molar-refractivity contribution in [2.45, 2.75) is 26.3 Å². The molecule has 0 fully saturated rings. The molecule has 0 spiro atoms. The van der Waals surface area contributed by atoms with Gasteiger partial charge in [0, 0.05) is 40.7 Å². The number of nitrogens with zero attached hydrogens (tertiary/aromatic N) is 3. The van der Waals surface area contributed by atoms with Gasteiger partial charge in [-0.15, -0.1) is 0 Å². The molecule has 0 bridgehead atoms. The van der Waals surface area contributed by atoms with Gasteiger partial charge in [-0.3, -0.25) is 14.8 Å². The number of hydrogen-bond donors (Lipinski definition) is 1. The Balaban J connectivity index is 1.92. The van der Waals surface area contributed by atoms with Gasteiger partial charge in [0.2, 0.25) is 5.91 Å². The van der Waals surface area contributed by atoms with Gasteiger partial charge in [-0.1, -0.05) is 28.9 Å². The summed E-state index contributed by atoms with van der Waals surface area (Å²) in [5.41, 5.74) is 5.09. The van der Waals surface area contributed by atoms with Crippen molar-refractivity contribution >= 4 is 23.2 Å². The minimum atomic E-state index is -0.485. The van der Waals surface area contributed by atoms with Crippen LogP contribution in [0.25, 0.3) is 11.1 Å². The zero-order valence-electron chi connectivity index (χ0n) is 15.6. The Morgan fingerprint density at radius 1 is 1.21 bits per heavy atom. The predicted molar refractivity (Wildman–Crippen MR) is 108 cm³/mol. The van der Waals surface area contributed by atoms with Gasteiger partial charge >= 0.3 is 0 Å². The van der Waals surface area contributed by atoms with Crippen LogP contribution in [0.1, 0.15) is 42.0 Å². The standard InChI is InChI=1S/C21H19ClN4O2/c1-3-24-18(27)10-17-21-19(12(2)26-28-21)16-11-23-9-8-15(16)20(25-17)13-4-6-14(22)7-5-13/h4-9,11,17H,3,10H2,1-2H3,(H,24,27)/t17-/m0/s1. The Morgan fingerprint density at radius 2 is 2.00 bits per heavy atom. The molecule has 3 aromatic rings. The van der Waals surface area contributed by atoms with Gasteiger partial charge in [0.05, 0.1) is 23.4 Å². The maximum atomic E-state index is 12.3. The fourth-order valence-electron chi connectivity index (χ4n) is 3.45. The highest BCUT2D eigenvalue weighted by atomic mass is 35.5. The summed E-state index contributed by atoms with van der Waals surface area (Å²) in [7, 11) is 0. The normalized spacial score (nSPS) is 15.2. The second-order valence-electron chi connectivity index (χ2n) is 6.59. The van der Waals surface area contributed by atoms with Gasteiger partial charge in [0.1, 0.15) is 6.04 Å². The first-order valence-electron chi connectivity index (χ1n) is 9.09. The third-order valence-electron chi connectivity index (χ3n) is 4.69. The molecule has 1 aliphatic heterocycles. The van der Waals surface area contributed by atoms with E-state index in [1.165, 1.54) is 0 Å². The van der Waals surface area contributed by atoms with Crippen LogP contribution in [0.15, 0.2) is 52.2 Å². The van der Waals surface area contributed by atoms with Crippen LogP contribution in [0.4, 0.5) is 0 Å². The molecule has 1 N–H and O–H groups in total. The molecule has 1 aliphatic rings. The lowest BCUT2D eigenvalue weighted by molar-refractivity contribution is -0.121. The number of carbonyl (C=O) groups excluding carboxylic acids is 1. The molecule has 1 aromatic carbocycles. The zero-order chi connectivity index (χ0) is 19.7. The molecular formula is C21H19ClN4O2. The molecule has 142 valence electrons. The van der Waals surface area contributed by atoms with Crippen LogP contribution in [-0.2, 0) is 4.79 Å². The number of amides is 1. The molecule has 1 atom stereocenters. The number of carbonyl (C=O) groups is 1. The quantitative estimate of drug-likeness (QED) is 0.721. The van der Waals surface area contributed by atoms with E-state index >= 15 is 0 Å². The van der Waals surface area contributed by atoms with Crippen LogP contribution in [0.5, 0.6) is 0 Å². The largest absolute Gasteiger partial charge is 0.358 e. The number of hydrogen-bond acceptors (Lipinski definition) is 5. The number of pyridine rings is 1.